The first-order valence-electron chi connectivity index (χ1n) is 4.84. The first-order chi connectivity index (χ1) is 6.61. The highest BCUT2D eigenvalue weighted by Crippen LogP contribution is 2.23. The van der Waals surface area contributed by atoms with Gasteiger partial charge in [0.15, 0.2) is 0 Å². The Morgan fingerprint density at radius 2 is 2.00 bits per heavy atom. The predicted octanol–water partition coefficient (Wildman–Crippen LogP) is 2.77. The van der Waals surface area contributed by atoms with Gasteiger partial charge in [-0.25, -0.2) is 0 Å². The van der Waals surface area contributed by atoms with E-state index in [2.05, 4.69) is 0 Å². The minimum absolute atomic E-state index is 0.424. The minimum atomic E-state index is -2.04. The van der Waals surface area contributed by atoms with Crippen LogP contribution in [0.2, 0.25) is 0 Å². The summed E-state index contributed by atoms with van der Waals surface area (Å²) in [6, 6.07) is 7.66. The van der Waals surface area contributed by atoms with Crippen LogP contribution >= 0.6 is 8.03 Å². The van der Waals surface area contributed by atoms with Gasteiger partial charge in [-0.2, -0.15) is 0 Å². The number of aryl methyl sites for hydroxylation is 1. The van der Waals surface area contributed by atoms with Gasteiger partial charge in [0.25, 0.3) is 0 Å². The Morgan fingerprint density at radius 1 is 1.36 bits per heavy atom. The monoisotopic (exact) mass is 212 g/mol. The van der Waals surface area contributed by atoms with Gasteiger partial charge < -0.3 is 4.52 Å². The maximum Gasteiger partial charge on any atom is 0.220 e. The Bertz CT molecular complexity index is 321. The molecular weight excluding hydrogens is 195 g/mol. The zero-order valence-electron chi connectivity index (χ0n) is 8.91. The van der Waals surface area contributed by atoms with Crippen LogP contribution in [0.1, 0.15) is 19.4 Å². The van der Waals surface area contributed by atoms with Crippen LogP contribution in [0.25, 0.3) is 0 Å². The summed E-state index contributed by atoms with van der Waals surface area (Å²) in [5.74, 6) is 0.424. The second-order valence-corrected chi connectivity index (χ2v) is 5.21. The fraction of sp³-hybridized carbons (Fsp3) is 0.455. The fourth-order valence-electron chi connectivity index (χ4n) is 1.12. The molecule has 2 nitrogen and oxygen atoms in total. The molecule has 0 aliphatic heterocycles. The van der Waals surface area contributed by atoms with Crippen molar-refractivity contribution < 1.29 is 9.09 Å². The smallest absolute Gasteiger partial charge is 0.220 e. The molecule has 0 saturated heterocycles. The fourth-order valence-corrected chi connectivity index (χ4v) is 2.40. The highest BCUT2D eigenvalue weighted by molar-refractivity contribution is 7.48. The van der Waals surface area contributed by atoms with Crippen molar-refractivity contribution in [3.05, 3.63) is 29.8 Å². The third-order valence-electron chi connectivity index (χ3n) is 1.91. The highest BCUT2D eigenvalue weighted by atomic mass is 31.1. The van der Waals surface area contributed by atoms with Crippen molar-refractivity contribution in [2.75, 3.05) is 6.61 Å². The summed E-state index contributed by atoms with van der Waals surface area (Å²) >= 11 is 0. The zero-order chi connectivity index (χ0) is 10.6. The number of benzene rings is 1. The van der Waals surface area contributed by atoms with E-state index < -0.39 is 8.03 Å². The van der Waals surface area contributed by atoms with Crippen molar-refractivity contribution in [2.24, 2.45) is 5.92 Å². The van der Waals surface area contributed by atoms with Gasteiger partial charge in [-0.3, -0.25) is 4.57 Å². The van der Waals surface area contributed by atoms with E-state index in [1.165, 1.54) is 0 Å². The molecule has 1 atom stereocenters. The molecule has 0 amide bonds. The van der Waals surface area contributed by atoms with Gasteiger partial charge in [-0.15, -0.1) is 0 Å². The van der Waals surface area contributed by atoms with E-state index in [1.807, 2.05) is 45.0 Å². The standard InChI is InChI=1S/C11H17O2P/c1-9(2)8-13-14(12)11-7-5-4-6-10(11)3/h4-7,9,14H,8H2,1-3H3. The van der Waals surface area contributed by atoms with E-state index >= 15 is 0 Å². The Hall–Kier alpha value is -0.590. The molecule has 0 heterocycles. The second kappa shape index (κ2) is 5.33. The Balaban J connectivity index is 2.65. The van der Waals surface area contributed by atoms with Crippen molar-refractivity contribution >= 4 is 13.3 Å². The zero-order valence-corrected chi connectivity index (χ0v) is 9.91. The lowest BCUT2D eigenvalue weighted by Crippen LogP contribution is -2.05. The lowest BCUT2D eigenvalue weighted by atomic mass is 10.2. The van der Waals surface area contributed by atoms with E-state index in [9.17, 15) is 4.57 Å². The molecule has 0 radical (unpaired) electrons. The molecule has 0 N–H and O–H groups in total. The van der Waals surface area contributed by atoms with Gasteiger partial charge in [0.1, 0.15) is 0 Å². The molecule has 1 aromatic carbocycles. The number of rotatable bonds is 4. The third kappa shape index (κ3) is 3.28. The SMILES string of the molecule is Cc1ccccc1[PH](=O)OCC(C)C. The Morgan fingerprint density at radius 3 is 2.57 bits per heavy atom. The van der Waals surface area contributed by atoms with Crippen LogP contribution in [-0.2, 0) is 9.09 Å². The summed E-state index contributed by atoms with van der Waals surface area (Å²) in [4.78, 5) is 0. The Labute approximate surface area is 86.2 Å². The van der Waals surface area contributed by atoms with Gasteiger partial charge in [-0.1, -0.05) is 32.0 Å². The summed E-state index contributed by atoms with van der Waals surface area (Å²) < 4.78 is 17.0. The molecule has 78 valence electrons. The van der Waals surface area contributed by atoms with E-state index in [0.717, 1.165) is 10.9 Å². The van der Waals surface area contributed by atoms with Gasteiger partial charge >= 0.3 is 0 Å². The van der Waals surface area contributed by atoms with Crippen molar-refractivity contribution in [3.8, 4) is 0 Å². The summed E-state index contributed by atoms with van der Waals surface area (Å²) in [6.07, 6.45) is 0. The van der Waals surface area contributed by atoms with E-state index in [-0.39, 0.29) is 0 Å². The first kappa shape index (κ1) is 11.5. The van der Waals surface area contributed by atoms with Crippen LogP contribution in [0.5, 0.6) is 0 Å². The first-order valence-corrected chi connectivity index (χ1v) is 6.15. The largest absolute Gasteiger partial charge is 0.327 e. The summed E-state index contributed by atoms with van der Waals surface area (Å²) in [7, 11) is -2.04. The van der Waals surface area contributed by atoms with E-state index in [1.54, 1.807) is 0 Å². The molecule has 0 bridgehead atoms. The maximum absolute atomic E-state index is 11.7. The van der Waals surface area contributed by atoms with E-state index in [0.29, 0.717) is 12.5 Å². The van der Waals surface area contributed by atoms with Gasteiger partial charge in [0.05, 0.1) is 6.61 Å². The maximum atomic E-state index is 11.7. The normalized spacial score (nSPS) is 13.1. The second-order valence-electron chi connectivity index (χ2n) is 3.81. The molecule has 0 spiro atoms. The van der Waals surface area contributed by atoms with Crippen molar-refractivity contribution in [1.82, 2.24) is 0 Å². The van der Waals surface area contributed by atoms with Gasteiger partial charge in [0.2, 0.25) is 8.03 Å². The molecule has 0 aromatic heterocycles. The molecule has 3 heteroatoms. The van der Waals surface area contributed by atoms with Crippen LogP contribution in [0.15, 0.2) is 24.3 Å². The van der Waals surface area contributed by atoms with Crippen molar-refractivity contribution in [2.45, 2.75) is 20.8 Å². The predicted molar refractivity (Wildman–Crippen MR) is 60.6 cm³/mol. The molecule has 1 unspecified atom stereocenters. The van der Waals surface area contributed by atoms with Crippen molar-refractivity contribution in [1.29, 1.82) is 0 Å². The van der Waals surface area contributed by atoms with Crippen LogP contribution in [0, 0.1) is 12.8 Å². The van der Waals surface area contributed by atoms with Gasteiger partial charge in [-0.05, 0) is 24.5 Å². The average molecular weight is 212 g/mol. The Kier molecular flexibility index (Phi) is 4.37. The number of hydrogen-bond donors (Lipinski definition) is 0. The topological polar surface area (TPSA) is 26.3 Å². The lowest BCUT2D eigenvalue weighted by Gasteiger charge is -2.08. The summed E-state index contributed by atoms with van der Waals surface area (Å²) in [5.41, 5.74) is 1.04. The molecule has 14 heavy (non-hydrogen) atoms. The number of hydrogen-bond acceptors (Lipinski definition) is 2. The van der Waals surface area contributed by atoms with Crippen LogP contribution in [-0.4, -0.2) is 6.61 Å². The quantitative estimate of drug-likeness (QED) is 0.717. The third-order valence-corrected chi connectivity index (χ3v) is 3.34. The van der Waals surface area contributed by atoms with Gasteiger partial charge in [0, 0.05) is 5.30 Å². The minimum Gasteiger partial charge on any atom is -0.327 e. The molecule has 0 saturated carbocycles. The summed E-state index contributed by atoms with van der Waals surface area (Å²) in [6.45, 7) is 6.61. The molecular formula is C11H17O2P. The molecule has 0 aliphatic carbocycles. The molecule has 1 rings (SSSR count). The summed E-state index contributed by atoms with van der Waals surface area (Å²) in [5, 5.41) is 0.846. The van der Waals surface area contributed by atoms with Crippen LogP contribution in [0.3, 0.4) is 0 Å². The average Bonchev–Trinajstić information content (AvgIpc) is 2.15. The van der Waals surface area contributed by atoms with Crippen LogP contribution < -0.4 is 5.30 Å². The van der Waals surface area contributed by atoms with E-state index in [4.69, 9.17) is 4.52 Å². The highest BCUT2D eigenvalue weighted by Gasteiger charge is 2.06. The lowest BCUT2D eigenvalue weighted by molar-refractivity contribution is 0.287. The van der Waals surface area contributed by atoms with Crippen LogP contribution in [0.4, 0.5) is 0 Å². The molecule has 1 aromatic rings. The molecule has 0 aliphatic rings. The van der Waals surface area contributed by atoms with Crippen molar-refractivity contribution in [3.63, 3.8) is 0 Å². The molecule has 0 fully saturated rings.